The lowest BCUT2D eigenvalue weighted by Crippen LogP contribution is -2.20. The molecule has 0 aromatic carbocycles. The first-order valence-corrected chi connectivity index (χ1v) is 9.58. The number of carbonyl (C=O) groups excluding carboxylic acids is 1. The van der Waals surface area contributed by atoms with Crippen molar-refractivity contribution in [2.75, 3.05) is 11.9 Å². The maximum atomic E-state index is 11.8. The van der Waals surface area contributed by atoms with Crippen molar-refractivity contribution in [1.82, 2.24) is 15.0 Å². The van der Waals surface area contributed by atoms with Crippen LogP contribution < -0.4 is 10.1 Å². The highest BCUT2D eigenvalue weighted by Gasteiger charge is 2.16. The number of nitrogens with one attached hydrogen (secondary N) is 1. The van der Waals surface area contributed by atoms with E-state index in [2.05, 4.69) is 20.3 Å². The van der Waals surface area contributed by atoms with E-state index in [1.165, 1.54) is 25.5 Å². The fourth-order valence-corrected chi connectivity index (χ4v) is 3.14. The van der Waals surface area contributed by atoms with Crippen molar-refractivity contribution in [1.29, 1.82) is 0 Å². The van der Waals surface area contributed by atoms with Crippen molar-refractivity contribution in [3.8, 4) is 5.88 Å². The molecule has 2 heterocycles. The molecule has 0 saturated heterocycles. The molecule has 0 spiro atoms. The molecule has 3 rings (SSSR count). The normalized spacial score (nSPS) is 14.6. The van der Waals surface area contributed by atoms with E-state index in [4.69, 9.17) is 21.1 Å². The molecule has 0 unspecified atom stereocenters. The molecule has 2 aromatic rings. The minimum Gasteiger partial charge on any atom is -0.474 e. The summed E-state index contributed by atoms with van der Waals surface area (Å²) in [5, 5.41) is 3.22. The summed E-state index contributed by atoms with van der Waals surface area (Å²) >= 11 is 5.90. The number of anilines is 2. The van der Waals surface area contributed by atoms with Crippen LogP contribution in [0.3, 0.4) is 0 Å². The quantitative estimate of drug-likeness (QED) is 0.562. The van der Waals surface area contributed by atoms with E-state index in [1.54, 1.807) is 13.1 Å². The summed E-state index contributed by atoms with van der Waals surface area (Å²) in [6.07, 6.45) is 9.36. The maximum Gasteiger partial charge on any atom is 0.310 e. The van der Waals surface area contributed by atoms with E-state index in [9.17, 15) is 4.79 Å². The van der Waals surface area contributed by atoms with E-state index >= 15 is 0 Å². The number of ether oxygens (including phenoxy) is 2. The smallest absolute Gasteiger partial charge is 0.310 e. The molecule has 0 atom stereocenters. The largest absolute Gasteiger partial charge is 0.474 e. The van der Waals surface area contributed by atoms with Gasteiger partial charge < -0.3 is 14.8 Å². The van der Waals surface area contributed by atoms with Crippen LogP contribution >= 0.6 is 11.6 Å². The van der Waals surface area contributed by atoms with Crippen LogP contribution in [0.15, 0.2) is 24.5 Å². The second-order valence-corrected chi connectivity index (χ2v) is 6.72. The van der Waals surface area contributed by atoms with Gasteiger partial charge in [0.2, 0.25) is 11.2 Å². The lowest BCUT2D eigenvalue weighted by atomic mass is 9.98. The van der Waals surface area contributed by atoms with Gasteiger partial charge in [0.25, 0.3) is 0 Å². The van der Waals surface area contributed by atoms with Gasteiger partial charge in [-0.15, -0.1) is 0 Å². The molecular weight excluding hydrogens is 368 g/mol. The minimum absolute atomic E-state index is 0.0592. The standard InChI is InChI=1S/C19H23ClN4O3/c1-2-26-17(25)10-13-11-22-19(20)24-18(13)23-14-8-9-16(21-12-14)27-15-6-4-3-5-7-15/h8-9,11-12,15H,2-7,10H2,1H3,(H,22,23,24). The topological polar surface area (TPSA) is 86.2 Å². The molecule has 7 nitrogen and oxygen atoms in total. The molecule has 0 bridgehead atoms. The predicted molar refractivity (Wildman–Crippen MR) is 102 cm³/mol. The summed E-state index contributed by atoms with van der Waals surface area (Å²) in [5.41, 5.74) is 1.31. The van der Waals surface area contributed by atoms with Gasteiger partial charge >= 0.3 is 5.97 Å². The zero-order valence-corrected chi connectivity index (χ0v) is 16.0. The van der Waals surface area contributed by atoms with Gasteiger partial charge in [0.15, 0.2) is 0 Å². The van der Waals surface area contributed by atoms with Crippen LogP contribution in [-0.2, 0) is 16.0 Å². The molecule has 1 fully saturated rings. The van der Waals surface area contributed by atoms with Gasteiger partial charge in [-0.25, -0.2) is 15.0 Å². The Morgan fingerprint density at radius 1 is 1.22 bits per heavy atom. The third kappa shape index (κ3) is 5.79. The van der Waals surface area contributed by atoms with Crippen molar-refractivity contribution in [3.05, 3.63) is 35.4 Å². The van der Waals surface area contributed by atoms with Crippen LogP contribution in [0.5, 0.6) is 5.88 Å². The molecule has 1 aliphatic rings. The molecule has 1 N–H and O–H groups in total. The summed E-state index contributed by atoms with van der Waals surface area (Å²) in [6, 6.07) is 3.68. The molecule has 0 radical (unpaired) electrons. The van der Waals surface area contributed by atoms with Crippen LogP contribution in [0.4, 0.5) is 11.5 Å². The van der Waals surface area contributed by atoms with Crippen LogP contribution in [0.25, 0.3) is 0 Å². The minimum atomic E-state index is -0.346. The summed E-state index contributed by atoms with van der Waals surface area (Å²) in [5.74, 6) is 0.714. The predicted octanol–water partition coefficient (Wildman–Crippen LogP) is 4.09. The first kappa shape index (κ1) is 19.4. The summed E-state index contributed by atoms with van der Waals surface area (Å²) in [4.78, 5) is 24.2. The monoisotopic (exact) mass is 390 g/mol. The third-order valence-corrected chi connectivity index (χ3v) is 4.50. The number of aromatic nitrogens is 3. The van der Waals surface area contributed by atoms with Gasteiger partial charge in [0, 0.05) is 17.8 Å². The number of esters is 1. The molecule has 27 heavy (non-hydrogen) atoms. The summed E-state index contributed by atoms with van der Waals surface area (Å²) < 4.78 is 10.9. The molecule has 2 aromatic heterocycles. The Labute approximate surface area is 163 Å². The number of hydrogen-bond donors (Lipinski definition) is 1. The number of nitrogens with zero attached hydrogens (tertiary/aromatic N) is 3. The second-order valence-electron chi connectivity index (χ2n) is 6.38. The Morgan fingerprint density at radius 2 is 2.04 bits per heavy atom. The Morgan fingerprint density at radius 3 is 2.74 bits per heavy atom. The average Bonchev–Trinajstić information content (AvgIpc) is 2.67. The molecule has 0 aliphatic heterocycles. The van der Waals surface area contributed by atoms with Crippen molar-refractivity contribution in [3.63, 3.8) is 0 Å². The first-order chi connectivity index (χ1) is 13.1. The zero-order chi connectivity index (χ0) is 19.1. The number of pyridine rings is 1. The maximum absolute atomic E-state index is 11.8. The summed E-state index contributed by atoms with van der Waals surface area (Å²) in [7, 11) is 0. The Hall–Kier alpha value is -2.41. The highest BCUT2D eigenvalue weighted by atomic mass is 35.5. The van der Waals surface area contributed by atoms with E-state index in [0.29, 0.717) is 29.6 Å². The Balaban J connectivity index is 1.67. The van der Waals surface area contributed by atoms with E-state index < -0.39 is 0 Å². The van der Waals surface area contributed by atoms with Crippen molar-refractivity contribution in [2.45, 2.75) is 51.6 Å². The molecule has 1 aliphatic carbocycles. The number of carbonyl (C=O) groups is 1. The molecule has 144 valence electrons. The van der Waals surface area contributed by atoms with Crippen molar-refractivity contribution >= 4 is 29.1 Å². The van der Waals surface area contributed by atoms with E-state index in [1.807, 2.05) is 12.1 Å². The Kier molecular flexibility index (Phi) is 6.81. The van der Waals surface area contributed by atoms with Gasteiger partial charge in [-0.1, -0.05) is 6.42 Å². The molecule has 0 amide bonds. The number of rotatable bonds is 7. The van der Waals surface area contributed by atoms with Gasteiger partial charge in [-0.05, 0) is 50.3 Å². The van der Waals surface area contributed by atoms with Crippen LogP contribution in [0.1, 0.15) is 44.6 Å². The summed E-state index contributed by atoms with van der Waals surface area (Å²) in [6.45, 7) is 2.08. The first-order valence-electron chi connectivity index (χ1n) is 9.21. The van der Waals surface area contributed by atoms with Crippen LogP contribution in [0.2, 0.25) is 5.28 Å². The van der Waals surface area contributed by atoms with Gasteiger partial charge in [0.05, 0.1) is 24.9 Å². The van der Waals surface area contributed by atoms with Gasteiger partial charge in [-0.2, -0.15) is 0 Å². The number of halogens is 1. The lowest BCUT2D eigenvalue weighted by molar-refractivity contribution is -0.142. The number of hydrogen-bond acceptors (Lipinski definition) is 7. The molecule has 1 saturated carbocycles. The molecule has 8 heteroatoms. The average molecular weight is 391 g/mol. The lowest BCUT2D eigenvalue weighted by Gasteiger charge is -2.22. The van der Waals surface area contributed by atoms with Gasteiger partial charge in [-0.3, -0.25) is 4.79 Å². The fraction of sp³-hybridized carbons (Fsp3) is 0.474. The van der Waals surface area contributed by atoms with Gasteiger partial charge in [0.1, 0.15) is 11.9 Å². The van der Waals surface area contributed by atoms with Crippen molar-refractivity contribution < 1.29 is 14.3 Å². The van der Waals surface area contributed by atoms with E-state index in [-0.39, 0.29) is 23.8 Å². The van der Waals surface area contributed by atoms with Crippen molar-refractivity contribution in [2.24, 2.45) is 0 Å². The zero-order valence-electron chi connectivity index (χ0n) is 15.3. The fourth-order valence-electron chi connectivity index (χ4n) is 3.00. The second kappa shape index (κ2) is 9.50. The highest BCUT2D eigenvalue weighted by molar-refractivity contribution is 6.28. The highest BCUT2D eigenvalue weighted by Crippen LogP contribution is 2.24. The van der Waals surface area contributed by atoms with E-state index in [0.717, 1.165) is 12.8 Å². The Bertz CT molecular complexity index is 764. The third-order valence-electron chi connectivity index (χ3n) is 4.31. The SMILES string of the molecule is CCOC(=O)Cc1cnc(Cl)nc1Nc1ccc(OC2CCCCC2)nc1. The van der Waals surface area contributed by atoms with Crippen LogP contribution in [0, 0.1) is 0 Å². The molecular formula is C19H23ClN4O3. The van der Waals surface area contributed by atoms with Crippen LogP contribution in [-0.4, -0.2) is 33.6 Å².